The highest BCUT2D eigenvalue weighted by Crippen LogP contribution is 2.30. The molecule has 0 aromatic heterocycles. The van der Waals surface area contributed by atoms with Crippen LogP contribution in [0.4, 0.5) is 0 Å². The Morgan fingerprint density at radius 2 is 2.50 bits per heavy atom. The van der Waals surface area contributed by atoms with E-state index in [9.17, 15) is 4.79 Å². The lowest BCUT2D eigenvalue weighted by molar-refractivity contribution is -0.137. The Morgan fingerprint density at radius 1 is 1.83 bits per heavy atom. The molecule has 1 rings (SSSR count). The third-order valence-electron chi connectivity index (χ3n) is 1.12. The van der Waals surface area contributed by atoms with E-state index in [0.29, 0.717) is 17.3 Å². The van der Waals surface area contributed by atoms with Crippen LogP contribution < -0.4 is 5.73 Å². The van der Waals surface area contributed by atoms with Gasteiger partial charge in [-0.25, -0.2) is 4.79 Å². The lowest BCUT2D eigenvalue weighted by Gasteiger charge is -2.00. The van der Waals surface area contributed by atoms with Gasteiger partial charge in [0.15, 0.2) is 5.82 Å². The first-order valence-electron chi connectivity index (χ1n) is 3.38. The van der Waals surface area contributed by atoms with Crippen molar-refractivity contribution in [3.63, 3.8) is 0 Å². The van der Waals surface area contributed by atoms with Crippen molar-refractivity contribution in [2.75, 3.05) is 12.9 Å². The minimum Gasteiger partial charge on any atom is -0.462 e. The van der Waals surface area contributed by atoms with Gasteiger partial charge in [-0.2, -0.15) is 4.36 Å². The predicted molar refractivity (Wildman–Crippen MR) is 51.2 cm³/mol. The van der Waals surface area contributed by atoms with Crippen molar-refractivity contribution in [1.29, 1.82) is 0 Å². The monoisotopic (exact) mass is 206 g/mol. The molecule has 0 saturated heterocycles. The number of carbonyl (C=O) groups is 1. The van der Waals surface area contributed by atoms with E-state index in [1.807, 2.05) is 6.26 Å². The molecule has 2 N–H and O–H groups in total. The standard InChI is InChI=1S/C6H10N2O2S2/c1-3-10-6(9)4-5(7)8-12(2)11-4/h3,7H2,1-2H3. The van der Waals surface area contributed by atoms with Crippen molar-refractivity contribution in [2.24, 2.45) is 10.1 Å². The summed E-state index contributed by atoms with van der Waals surface area (Å²) >= 11 is 0. The molecule has 1 atom stereocenters. The second-order valence-corrected chi connectivity index (χ2v) is 5.59. The third-order valence-corrected chi connectivity index (χ3v) is 3.81. The van der Waals surface area contributed by atoms with Gasteiger partial charge in [0.05, 0.1) is 6.61 Å². The molecule has 0 saturated carbocycles. The van der Waals surface area contributed by atoms with E-state index in [4.69, 9.17) is 10.5 Å². The molecule has 0 aromatic rings. The zero-order chi connectivity index (χ0) is 9.14. The molecular weight excluding hydrogens is 196 g/mol. The van der Waals surface area contributed by atoms with Crippen LogP contribution in [0.25, 0.3) is 0 Å². The topological polar surface area (TPSA) is 64.7 Å². The van der Waals surface area contributed by atoms with E-state index in [0.717, 1.165) is 0 Å². The molecule has 4 nitrogen and oxygen atoms in total. The van der Waals surface area contributed by atoms with Crippen molar-refractivity contribution in [3.05, 3.63) is 10.7 Å². The largest absolute Gasteiger partial charge is 0.462 e. The Labute approximate surface area is 77.0 Å². The van der Waals surface area contributed by atoms with E-state index in [-0.39, 0.29) is 15.7 Å². The smallest absolute Gasteiger partial charge is 0.349 e. The van der Waals surface area contributed by atoms with Gasteiger partial charge in [0.2, 0.25) is 0 Å². The summed E-state index contributed by atoms with van der Waals surface area (Å²) in [6, 6.07) is 0. The fourth-order valence-corrected chi connectivity index (χ4v) is 3.20. The Bertz CT molecular complexity index is 273. The summed E-state index contributed by atoms with van der Waals surface area (Å²) < 4.78 is 8.81. The Balaban J connectivity index is 2.68. The van der Waals surface area contributed by atoms with Crippen LogP contribution in [0.15, 0.2) is 15.1 Å². The van der Waals surface area contributed by atoms with Gasteiger partial charge in [-0.3, -0.25) is 0 Å². The predicted octanol–water partition coefficient (Wildman–Crippen LogP) is 0.771. The Morgan fingerprint density at radius 3 is 2.92 bits per heavy atom. The molecule has 0 aliphatic carbocycles. The first-order valence-corrected chi connectivity index (χ1v) is 6.30. The normalized spacial score (nSPS) is 22.3. The molecule has 0 aromatic carbocycles. The number of nitrogens with zero attached hydrogens (tertiary/aromatic N) is 1. The molecule has 0 fully saturated rings. The summed E-state index contributed by atoms with van der Waals surface area (Å²) in [4.78, 5) is 11.6. The number of rotatable bonds is 2. The summed E-state index contributed by atoms with van der Waals surface area (Å²) in [5.41, 5.74) is 5.50. The van der Waals surface area contributed by atoms with Crippen molar-refractivity contribution < 1.29 is 9.53 Å². The van der Waals surface area contributed by atoms with Crippen LogP contribution in [0.3, 0.4) is 0 Å². The fourth-order valence-electron chi connectivity index (χ4n) is 0.697. The van der Waals surface area contributed by atoms with E-state index >= 15 is 0 Å². The minimum atomic E-state index is -0.361. The number of ether oxygens (including phenoxy) is 1. The van der Waals surface area contributed by atoms with Crippen molar-refractivity contribution in [2.45, 2.75) is 6.92 Å². The zero-order valence-electron chi connectivity index (χ0n) is 6.86. The van der Waals surface area contributed by atoms with Crippen molar-refractivity contribution >= 4 is 26.5 Å². The van der Waals surface area contributed by atoms with E-state index in [2.05, 4.69) is 4.36 Å². The molecule has 0 radical (unpaired) electrons. The Hall–Kier alpha value is -0.490. The molecule has 1 aliphatic heterocycles. The number of hydrogen-bond donors (Lipinski definition) is 1. The average Bonchev–Trinajstić information content (AvgIpc) is 2.30. The van der Waals surface area contributed by atoms with Crippen LogP contribution in [0.1, 0.15) is 6.92 Å². The molecule has 68 valence electrons. The van der Waals surface area contributed by atoms with Crippen molar-refractivity contribution in [3.8, 4) is 0 Å². The maximum absolute atomic E-state index is 11.2. The van der Waals surface area contributed by atoms with Gasteiger partial charge in [0.1, 0.15) is 4.91 Å². The minimum absolute atomic E-state index is 0.215. The van der Waals surface area contributed by atoms with E-state index < -0.39 is 0 Å². The lowest BCUT2D eigenvalue weighted by atomic mass is 10.5. The summed E-state index contributed by atoms with van der Waals surface area (Å²) in [6.45, 7) is 2.13. The second-order valence-electron chi connectivity index (χ2n) is 2.03. The first kappa shape index (κ1) is 9.60. The molecule has 0 amide bonds. The fraction of sp³-hybridized carbons (Fsp3) is 0.500. The van der Waals surface area contributed by atoms with Crippen LogP contribution in [0, 0.1) is 0 Å². The Kier molecular flexibility index (Phi) is 3.16. The second kappa shape index (κ2) is 3.95. The molecule has 12 heavy (non-hydrogen) atoms. The molecule has 1 unspecified atom stereocenters. The number of esters is 1. The maximum Gasteiger partial charge on any atom is 0.349 e. The molecule has 1 aliphatic rings. The molecule has 0 bridgehead atoms. The van der Waals surface area contributed by atoms with E-state index in [1.165, 1.54) is 10.8 Å². The maximum atomic E-state index is 11.2. The summed E-state index contributed by atoms with van der Waals surface area (Å²) in [7, 11) is 1.15. The quantitative estimate of drug-likeness (QED) is 0.535. The molecular formula is C6H10N2O2S2. The lowest BCUT2D eigenvalue weighted by Crippen LogP contribution is -2.08. The van der Waals surface area contributed by atoms with Crippen LogP contribution >= 0.6 is 10.8 Å². The van der Waals surface area contributed by atoms with Gasteiger partial charge in [0, 0.05) is 6.26 Å². The van der Waals surface area contributed by atoms with Crippen molar-refractivity contribution in [1.82, 2.24) is 0 Å². The summed E-state index contributed by atoms with van der Waals surface area (Å²) in [5.74, 6) is -0.0510. The number of nitrogens with two attached hydrogens (primary N) is 1. The highest BCUT2D eigenvalue weighted by Gasteiger charge is 2.21. The third kappa shape index (κ3) is 2.01. The van der Waals surface area contributed by atoms with Crippen LogP contribution in [-0.4, -0.2) is 18.8 Å². The van der Waals surface area contributed by atoms with Crippen LogP contribution in [0.2, 0.25) is 0 Å². The first-order chi connectivity index (χ1) is 5.65. The summed E-state index contributed by atoms with van der Waals surface area (Å²) in [6.07, 6.45) is 1.91. The molecule has 0 spiro atoms. The molecule has 6 heteroatoms. The van der Waals surface area contributed by atoms with Gasteiger partial charge < -0.3 is 10.5 Å². The van der Waals surface area contributed by atoms with Gasteiger partial charge in [-0.05, 0) is 27.4 Å². The van der Waals surface area contributed by atoms with Gasteiger partial charge in [0.25, 0.3) is 0 Å². The van der Waals surface area contributed by atoms with Crippen LogP contribution in [0.5, 0.6) is 0 Å². The average molecular weight is 206 g/mol. The van der Waals surface area contributed by atoms with E-state index in [1.54, 1.807) is 6.92 Å². The highest BCUT2D eigenvalue weighted by molar-refractivity contribution is 8.72. The van der Waals surface area contributed by atoms with Gasteiger partial charge >= 0.3 is 5.97 Å². The number of hydrogen-bond acceptors (Lipinski definition) is 5. The summed E-state index contributed by atoms with van der Waals surface area (Å²) in [5, 5.41) is 0. The SMILES string of the molecule is CCOC(=O)C1=C(N)N=S(C)S1. The van der Waals surface area contributed by atoms with Gasteiger partial charge in [-0.15, -0.1) is 0 Å². The number of carbonyl (C=O) groups excluding carboxylic acids is 1. The van der Waals surface area contributed by atoms with Gasteiger partial charge in [-0.1, -0.05) is 0 Å². The molecule has 1 heterocycles. The highest BCUT2D eigenvalue weighted by atomic mass is 33.1. The zero-order valence-corrected chi connectivity index (χ0v) is 8.50. The van der Waals surface area contributed by atoms with Crippen LogP contribution in [-0.2, 0) is 19.3 Å².